The summed E-state index contributed by atoms with van der Waals surface area (Å²) in [5, 5.41) is 0. The number of hydrogen-bond acceptors (Lipinski definition) is 4. The third kappa shape index (κ3) is 3.17. The topological polar surface area (TPSA) is 57.3 Å². The Hall–Kier alpha value is -3.03. The van der Waals surface area contributed by atoms with E-state index >= 15 is 0 Å². The zero-order valence-corrected chi connectivity index (χ0v) is 12.2. The van der Waals surface area contributed by atoms with Gasteiger partial charge >= 0.3 is 12.5 Å². The van der Waals surface area contributed by atoms with Crippen LogP contribution in [0.1, 0.15) is 22.9 Å². The summed E-state index contributed by atoms with van der Waals surface area (Å²) in [5.74, 6) is -1.45. The van der Waals surface area contributed by atoms with Gasteiger partial charge in [-0.25, -0.2) is 14.2 Å². The Labute approximate surface area is 134 Å². The number of rotatable bonds is 5. The summed E-state index contributed by atoms with van der Waals surface area (Å²) in [6.07, 6.45) is 2.26. The molecule has 0 spiro atoms. The van der Waals surface area contributed by atoms with Crippen molar-refractivity contribution >= 4 is 5.97 Å². The summed E-state index contributed by atoms with van der Waals surface area (Å²) in [6.45, 7) is -3.22. The predicted octanol–water partition coefficient (Wildman–Crippen LogP) is 4.03. The minimum Gasteiger partial charge on any atom is -0.452 e. The molecule has 2 heterocycles. The standard InChI is InChI=1S/C16H11F3N2O3/c17-11-4-2-1-3-10(11)12-5-6-13(24-12)15(22)23-9-14-20-7-8-21(14)16(18)19/h1-8,16H,9H2. The lowest BCUT2D eigenvalue weighted by molar-refractivity contribution is 0.0349. The third-order valence-corrected chi connectivity index (χ3v) is 3.24. The van der Waals surface area contributed by atoms with Gasteiger partial charge < -0.3 is 9.15 Å². The molecule has 0 aliphatic heterocycles. The fourth-order valence-electron chi connectivity index (χ4n) is 2.09. The molecule has 8 heteroatoms. The summed E-state index contributed by atoms with van der Waals surface area (Å²) >= 11 is 0. The van der Waals surface area contributed by atoms with Crippen LogP contribution in [0.3, 0.4) is 0 Å². The molecule has 5 nitrogen and oxygen atoms in total. The summed E-state index contributed by atoms with van der Waals surface area (Å²) in [6, 6.07) is 8.67. The van der Waals surface area contributed by atoms with Crippen molar-refractivity contribution in [2.24, 2.45) is 0 Å². The molecule has 0 aliphatic carbocycles. The molecule has 0 amide bonds. The minimum atomic E-state index is -2.78. The molecule has 124 valence electrons. The van der Waals surface area contributed by atoms with Crippen molar-refractivity contribution in [3.8, 4) is 11.3 Å². The molecule has 3 aromatic rings. The molecule has 0 aliphatic rings. The van der Waals surface area contributed by atoms with E-state index in [1.807, 2.05) is 0 Å². The van der Waals surface area contributed by atoms with Gasteiger partial charge in [-0.1, -0.05) is 12.1 Å². The second kappa shape index (κ2) is 6.61. The van der Waals surface area contributed by atoms with E-state index in [4.69, 9.17) is 9.15 Å². The van der Waals surface area contributed by atoms with Crippen molar-refractivity contribution < 1.29 is 27.1 Å². The number of aromatic nitrogens is 2. The van der Waals surface area contributed by atoms with Crippen LogP contribution in [0.5, 0.6) is 0 Å². The lowest BCUT2D eigenvalue weighted by Gasteiger charge is -2.06. The Kier molecular flexibility index (Phi) is 4.37. The van der Waals surface area contributed by atoms with Crippen molar-refractivity contribution in [2.75, 3.05) is 0 Å². The highest BCUT2D eigenvalue weighted by atomic mass is 19.3. The van der Waals surface area contributed by atoms with Crippen LogP contribution in [-0.2, 0) is 11.3 Å². The van der Waals surface area contributed by atoms with Crippen LogP contribution >= 0.6 is 0 Å². The van der Waals surface area contributed by atoms with Gasteiger partial charge in [0.2, 0.25) is 5.76 Å². The highest BCUT2D eigenvalue weighted by molar-refractivity contribution is 5.87. The fourth-order valence-corrected chi connectivity index (χ4v) is 2.09. The van der Waals surface area contributed by atoms with Gasteiger partial charge in [0.15, 0.2) is 5.82 Å². The van der Waals surface area contributed by atoms with Crippen LogP contribution in [-0.4, -0.2) is 15.5 Å². The minimum absolute atomic E-state index is 0.0979. The van der Waals surface area contributed by atoms with E-state index in [9.17, 15) is 18.0 Å². The van der Waals surface area contributed by atoms with Crippen molar-refractivity contribution in [1.29, 1.82) is 0 Å². The first-order valence-corrected chi connectivity index (χ1v) is 6.88. The number of furan rings is 1. The normalized spacial score (nSPS) is 11.0. The van der Waals surface area contributed by atoms with Crippen LogP contribution in [0.25, 0.3) is 11.3 Å². The highest BCUT2D eigenvalue weighted by Gasteiger charge is 2.18. The number of esters is 1. The molecule has 0 N–H and O–H groups in total. The van der Waals surface area contributed by atoms with Crippen molar-refractivity contribution in [1.82, 2.24) is 9.55 Å². The SMILES string of the molecule is O=C(OCc1nccn1C(F)F)c1ccc(-c2ccccc2F)o1. The van der Waals surface area contributed by atoms with Gasteiger partial charge in [0.25, 0.3) is 0 Å². The Balaban J connectivity index is 1.70. The molecular weight excluding hydrogens is 325 g/mol. The smallest absolute Gasteiger partial charge is 0.374 e. The summed E-state index contributed by atoms with van der Waals surface area (Å²) in [5.41, 5.74) is 0.199. The van der Waals surface area contributed by atoms with Gasteiger partial charge in [-0.05, 0) is 24.3 Å². The van der Waals surface area contributed by atoms with Gasteiger partial charge in [0.05, 0.1) is 5.56 Å². The molecule has 3 rings (SSSR count). The number of carbonyl (C=O) groups is 1. The van der Waals surface area contributed by atoms with Crippen LogP contribution in [0.15, 0.2) is 53.2 Å². The van der Waals surface area contributed by atoms with E-state index in [0.717, 1.165) is 6.20 Å². The second-order valence-corrected chi connectivity index (χ2v) is 4.75. The zero-order chi connectivity index (χ0) is 17.1. The summed E-state index contributed by atoms with van der Waals surface area (Å²) in [4.78, 5) is 15.6. The lowest BCUT2D eigenvalue weighted by Crippen LogP contribution is -2.09. The lowest BCUT2D eigenvalue weighted by atomic mass is 10.1. The molecule has 0 saturated heterocycles. The number of carbonyl (C=O) groups excluding carboxylic acids is 1. The van der Waals surface area contributed by atoms with Gasteiger partial charge in [0.1, 0.15) is 18.2 Å². The monoisotopic (exact) mass is 336 g/mol. The molecule has 0 fully saturated rings. The maximum Gasteiger partial charge on any atom is 0.374 e. The Morgan fingerprint density at radius 2 is 2.04 bits per heavy atom. The molecular formula is C16H11F3N2O3. The summed E-state index contributed by atoms with van der Waals surface area (Å²) < 4.78 is 49.8. The Morgan fingerprint density at radius 3 is 2.79 bits per heavy atom. The first kappa shape index (κ1) is 15.9. The number of alkyl halides is 2. The molecule has 0 atom stereocenters. The first-order chi connectivity index (χ1) is 11.6. The highest BCUT2D eigenvalue weighted by Crippen LogP contribution is 2.25. The van der Waals surface area contributed by atoms with E-state index in [2.05, 4.69) is 4.98 Å². The van der Waals surface area contributed by atoms with E-state index < -0.39 is 24.9 Å². The zero-order valence-electron chi connectivity index (χ0n) is 12.2. The predicted molar refractivity (Wildman–Crippen MR) is 76.7 cm³/mol. The second-order valence-electron chi connectivity index (χ2n) is 4.75. The van der Waals surface area contributed by atoms with Crippen LogP contribution < -0.4 is 0 Å². The fraction of sp³-hybridized carbons (Fsp3) is 0.125. The molecule has 0 unspecified atom stereocenters. The largest absolute Gasteiger partial charge is 0.452 e. The maximum absolute atomic E-state index is 13.7. The molecule has 2 aromatic heterocycles. The molecule has 0 bridgehead atoms. The van der Waals surface area contributed by atoms with Crippen LogP contribution in [0, 0.1) is 5.82 Å². The van der Waals surface area contributed by atoms with Gasteiger partial charge in [-0.3, -0.25) is 4.57 Å². The molecule has 0 saturated carbocycles. The van der Waals surface area contributed by atoms with Gasteiger partial charge in [0, 0.05) is 12.4 Å². The van der Waals surface area contributed by atoms with Crippen molar-refractivity contribution in [3.63, 3.8) is 0 Å². The summed E-state index contributed by atoms with van der Waals surface area (Å²) in [7, 11) is 0. The molecule has 24 heavy (non-hydrogen) atoms. The van der Waals surface area contributed by atoms with E-state index in [1.54, 1.807) is 6.07 Å². The van der Waals surface area contributed by atoms with Crippen molar-refractivity contribution in [3.05, 3.63) is 66.2 Å². The van der Waals surface area contributed by atoms with Crippen LogP contribution in [0.4, 0.5) is 13.2 Å². The Morgan fingerprint density at radius 1 is 1.25 bits per heavy atom. The number of halogens is 3. The third-order valence-electron chi connectivity index (χ3n) is 3.24. The number of ether oxygens (including phenoxy) is 1. The number of nitrogens with zero attached hydrogens (tertiary/aromatic N) is 2. The van der Waals surface area contributed by atoms with Crippen LogP contribution in [0.2, 0.25) is 0 Å². The Bertz CT molecular complexity index is 858. The van der Waals surface area contributed by atoms with Crippen molar-refractivity contribution in [2.45, 2.75) is 13.2 Å². The van der Waals surface area contributed by atoms with Gasteiger partial charge in [-0.2, -0.15) is 8.78 Å². The quantitative estimate of drug-likeness (QED) is 0.660. The average Bonchev–Trinajstić information content (AvgIpc) is 3.22. The molecule has 1 aromatic carbocycles. The van der Waals surface area contributed by atoms with E-state index in [0.29, 0.717) is 4.57 Å². The maximum atomic E-state index is 13.7. The number of benzene rings is 1. The van der Waals surface area contributed by atoms with E-state index in [-0.39, 0.29) is 22.9 Å². The number of imidazole rings is 1. The van der Waals surface area contributed by atoms with Gasteiger partial charge in [-0.15, -0.1) is 0 Å². The van der Waals surface area contributed by atoms with E-state index in [1.165, 1.54) is 36.5 Å². The number of hydrogen-bond donors (Lipinski definition) is 0. The average molecular weight is 336 g/mol. The molecule has 0 radical (unpaired) electrons. The first-order valence-electron chi connectivity index (χ1n) is 6.88.